The summed E-state index contributed by atoms with van der Waals surface area (Å²) in [5, 5.41) is 0. The zero-order valence-corrected chi connectivity index (χ0v) is 29.6. The Morgan fingerprint density at radius 2 is 1.08 bits per heavy atom. The molecule has 2 saturated heterocycles. The van der Waals surface area contributed by atoms with E-state index in [1.54, 1.807) is 6.92 Å². The van der Waals surface area contributed by atoms with Crippen molar-refractivity contribution < 1.29 is 80.9 Å². The molecule has 0 aliphatic carbocycles. The van der Waals surface area contributed by atoms with Gasteiger partial charge in [0.05, 0.1) is 19.8 Å². The average Bonchev–Trinajstić information content (AvgIpc) is 3.04. The summed E-state index contributed by atoms with van der Waals surface area (Å²) in [6.07, 6.45) is -12.1. The number of carbonyl (C=O) groups is 6. The number of ether oxygens (including phenoxy) is 11. The molecule has 0 radical (unpaired) electrons. The molecule has 10 atom stereocenters. The molecule has 17 heteroatoms. The predicted molar refractivity (Wildman–Crippen MR) is 169 cm³/mol. The molecule has 0 spiro atoms. The van der Waals surface area contributed by atoms with E-state index in [9.17, 15) is 28.8 Å². The van der Waals surface area contributed by atoms with E-state index in [1.165, 1.54) is 13.8 Å². The number of carbonyl (C=O) groups excluding carboxylic acids is 6. The highest BCUT2D eigenvalue weighted by Crippen LogP contribution is 2.36. The molecule has 0 amide bonds. The van der Waals surface area contributed by atoms with Crippen LogP contribution in [0.25, 0.3) is 0 Å². The summed E-state index contributed by atoms with van der Waals surface area (Å²) in [7, 11) is 0. The first-order chi connectivity index (χ1) is 24.2. The molecule has 2 aliphatic rings. The second kappa shape index (κ2) is 20.0. The zero-order chi connectivity index (χ0) is 37.7. The van der Waals surface area contributed by atoms with Gasteiger partial charge in [0.1, 0.15) is 37.6 Å². The van der Waals surface area contributed by atoms with Crippen LogP contribution in [0.4, 0.5) is 0 Å². The topological polar surface area (TPSA) is 204 Å². The number of hydrogen-bond acceptors (Lipinski definition) is 17. The van der Waals surface area contributed by atoms with Crippen molar-refractivity contribution in [1.29, 1.82) is 0 Å². The fourth-order valence-corrected chi connectivity index (χ4v) is 5.51. The molecule has 284 valence electrons. The van der Waals surface area contributed by atoms with E-state index in [-0.39, 0.29) is 19.8 Å². The lowest BCUT2D eigenvalue weighted by Gasteiger charge is -2.48. The third kappa shape index (κ3) is 13.2. The van der Waals surface area contributed by atoms with E-state index >= 15 is 0 Å². The van der Waals surface area contributed by atoms with E-state index in [2.05, 4.69) is 0 Å². The molecule has 0 bridgehead atoms. The molecule has 0 saturated carbocycles. The minimum absolute atomic E-state index is 0.0443. The first kappa shape index (κ1) is 41.3. The molecule has 0 aromatic heterocycles. The highest BCUT2D eigenvalue weighted by molar-refractivity contribution is 5.69. The van der Waals surface area contributed by atoms with Gasteiger partial charge in [-0.2, -0.15) is 0 Å². The van der Waals surface area contributed by atoms with Gasteiger partial charge in [0.2, 0.25) is 0 Å². The molecule has 51 heavy (non-hydrogen) atoms. The monoisotopic (exact) mass is 726 g/mol. The van der Waals surface area contributed by atoms with Gasteiger partial charge in [-0.1, -0.05) is 37.3 Å². The van der Waals surface area contributed by atoms with Gasteiger partial charge in [0.15, 0.2) is 30.9 Å². The Balaban J connectivity index is 1.99. The third-order valence-corrected chi connectivity index (χ3v) is 7.62. The highest BCUT2D eigenvalue weighted by Gasteiger charge is 2.56. The molecular formula is C34H46O17. The normalized spacial score (nSPS) is 28.8. The summed E-state index contributed by atoms with van der Waals surface area (Å²) < 4.78 is 63.1. The van der Waals surface area contributed by atoms with Crippen LogP contribution in [0.15, 0.2) is 30.3 Å². The minimum atomic E-state index is -1.64. The second-order valence-corrected chi connectivity index (χ2v) is 11.9. The lowest BCUT2D eigenvalue weighted by atomic mass is 9.90. The lowest BCUT2D eigenvalue weighted by Crippen LogP contribution is -2.65. The van der Waals surface area contributed by atoms with Gasteiger partial charge >= 0.3 is 35.8 Å². The Bertz CT molecular complexity index is 1340. The summed E-state index contributed by atoms with van der Waals surface area (Å²) in [4.78, 5) is 72.7. The fraction of sp³-hybridized carbons (Fsp3) is 0.647. The van der Waals surface area contributed by atoms with Crippen LogP contribution in [0.5, 0.6) is 0 Å². The van der Waals surface area contributed by atoms with Crippen LogP contribution in [0, 0.1) is 5.92 Å². The predicted octanol–water partition coefficient (Wildman–Crippen LogP) is 1.54. The van der Waals surface area contributed by atoms with Crippen LogP contribution in [-0.2, 0) is 87.5 Å². The van der Waals surface area contributed by atoms with Crippen molar-refractivity contribution in [1.82, 2.24) is 0 Å². The van der Waals surface area contributed by atoms with E-state index in [4.69, 9.17) is 52.1 Å². The van der Waals surface area contributed by atoms with E-state index in [0.717, 1.165) is 33.3 Å². The fourth-order valence-electron chi connectivity index (χ4n) is 5.51. The van der Waals surface area contributed by atoms with Crippen molar-refractivity contribution in [2.45, 2.75) is 110 Å². The summed E-state index contributed by atoms with van der Waals surface area (Å²) in [6, 6.07) is 9.42. The van der Waals surface area contributed by atoms with Crippen LogP contribution in [0.1, 0.15) is 54.0 Å². The Morgan fingerprint density at radius 1 is 0.569 bits per heavy atom. The van der Waals surface area contributed by atoms with Crippen molar-refractivity contribution in [3.63, 3.8) is 0 Å². The van der Waals surface area contributed by atoms with Crippen LogP contribution >= 0.6 is 0 Å². The van der Waals surface area contributed by atoms with Crippen LogP contribution < -0.4 is 0 Å². The summed E-state index contributed by atoms with van der Waals surface area (Å²) in [5.74, 6) is -5.13. The molecule has 1 aromatic rings. The molecule has 0 N–H and O–H groups in total. The molecule has 2 fully saturated rings. The van der Waals surface area contributed by atoms with Gasteiger partial charge in [-0.25, -0.2) is 0 Å². The summed E-state index contributed by atoms with van der Waals surface area (Å²) >= 11 is 0. The average molecular weight is 727 g/mol. The van der Waals surface area contributed by atoms with E-state index < -0.39 is 104 Å². The molecule has 17 nitrogen and oxygen atoms in total. The van der Waals surface area contributed by atoms with Crippen molar-refractivity contribution in [3.05, 3.63) is 35.9 Å². The van der Waals surface area contributed by atoms with Crippen LogP contribution in [-0.4, -0.2) is 118 Å². The maximum absolute atomic E-state index is 12.4. The maximum atomic E-state index is 12.4. The molecule has 3 rings (SSSR count). The lowest BCUT2D eigenvalue weighted by molar-refractivity contribution is -0.364. The van der Waals surface area contributed by atoms with Crippen molar-refractivity contribution >= 4 is 35.8 Å². The first-order valence-electron chi connectivity index (χ1n) is 16.3. The van der Waals surface area contributed by atoms with Crippen molar-refractivity contribution in [2.24, 2.45) is 5.92 Å². The SMILES string of the molecule is CC(=O)OC[C@@H]1O[C@H](OCCOCc2ccccc2)[C@@H](O[C@H]2O[C@H](COC(C)=O)[C@@H](OC(C)=O)[C@H](OC(C)=O)[C@@H]2OC(C)=O)[C@@H](OC(C)=O)[C@@H]1C. The van der Waals surface area contributed by atoms with Crippen molar-refractivity contribution in [2.75, 3.05) is 26.4 Å². The van der Waals surface area contributed by atoms with E-state index in [1.807, 2.05) is 30.3 Å². The smallest absolute Gasteiger partial charge is 0.303 e. The molecule has 2 aliphatic heterocycles. The largest absolute Gasteiger partial charge is 0.463 e. The van der Waals surface area contributed by atoms with Gasteiger partial charge in [0.25, 0.3) is 0 Å². The molecule has 1 aromatic carbocycles. The summed E-state index contributed by atoms with van der Waals surface area (Å²) in [5.41, 5.74) is 0.932. The third-order valence-electron chi connectivity index (χ3n) is 7.62. The maximum Gasteiger partial charge on any atom is 0.303 e. The molecule has 0 unspecified atom stereocenters. The quantitative estimate of drug-likeness (QED) is 0.135. The van der Waals surface area contributed by atoms with Gasteiger partial charge in [-0.15, -0.1) is 0 Å². The van der Waals surface area contributed by atoms with Crippen LogP contribution in [0.3, 0.4) is 0 Å². The first-order valence-corrected chi connectivity index (χ1v) is 16.3. The van der Waals surface area contributed by atoms with Gasteiger partial charge < -0.3 is 52.1 Å². The van der Waals surface area contributed by atoms with Gasteiger partial charge in [-0.05, 0) is 5.56 Å². The Labute approximate surface area is 295 Å². The standard InChI is InChI=1S/C34H46O17/c1-18-26(16-43-19(2)35)49-33(42-14-13-41-15-25-11-9-8-10-12-25)31(28(18)45-21(4)37)51-34-32(48-24(7)40)30(47-23(6)39)29(46-22(5)38)27(50-34)17-44-20(3)36/h8-12,18,26-34H,13-17H2,1-7H3/t18-,26+,27-,28+,29-,30+,31+,32+,33+,34-/m1/s1. The zero-order valence-electron chi connectivity index (χ0n) is 29.6. The Hall–Kier alpha value is -4.16. The van der Waals surface area contributed by atoms with Gasteiger partial charge in [-0.3, -0.25) is 28.8 Å². The number of rotatable bonds is 16. The number of hydrogen-bond donors (Lipinski definition) is 0. The number of benzene rings is 1. The van der Waals surface area contributed by atoms with Gasteiger partial charge in [0, 0.05) is 47.5 Å². The molecular weight excluding hydrogens is 680 g/mol. The van der Waals surface area contributed by atoms with Crippen LogP contribution in [0.2, 0.25) is 0 Å². The van der Waals surface area contributed by atoms with Crippen molar-refractivity contribution in [3.8, 4) is 0 Å². The second-order valence-electron chi connectivity index (χ2n) is 11.9. The Morgan fingerprint density at radius 3 is 1.65 bits per heavy atom. The number of esters is 6. The minimum Gasteiger partial charge on any atom is -0.463 e. The van der Waals surface area contributed by atoms with E-state index in [0.29, 0.717) is 6.61 Å². The summed E-state index contributed by atoms with van der Waals surface area (Å²) in [6.45, 7) is 8.13. The highest BCUT2D eigenvalue weighted by atomic mass is 16.8. The Kier molecular flexibility index (Phi) is 16.2. The molecule has 2 heterocycles.